The van der Waals surface area contributed by atoms with E-state index < -0.39 is 5.91 Å². The Balaban J connectivity index is 2.07. The third-order valence-corrected chi connectivity index (χ3v) is 2.99. The van der Waals surface area contributed by atoms with Crippen LogP contribution in [0.25, 0.3) is 0 Å². The lowest BCUT2D eigenvalue weighted by Gasteiger charge is -2.11. The van der Waals surface area contributed by atoms with Crippen LogP contribution in [0, 0.1) is 0 Å². The Morgan fingerprint density at radius 2 is 2.19 bits per heavy atom. The first-order valence-corrected chi connectivity index (χ1v) is 6.74. The number of methoxy groups -OCH3 is 1. The molecule has 0 unspecified atom stereocenters. The summed E-state index contributed by atoms with van der Waals surface area (Å²) in [6.45, 7) is 0. The van der Waals surface area contributed by atoms with Crippen LogP contribution in [-0.2, 0) is 0 Å². The highest BCUT2D eigenvalue weighted by Gasteiger charge is 2.14. The summed E-state index contributed by atoms with van der Waals surface area (Å²) in [5.74, 6) is 0.0109. The SMILES string of the molecule is COc1ccc(Cl)cc1C(=O)NC(=S)Nc1cccnc1. The van der Waals surface area contributed by atoms with Gasteiger partial charge in [0.25, 0.3) is 5.91 Å². The number of thiocarbonyl (C=S) groups is 1. The van der Waals surface area contributed by atoms with Gasteiger partial charge in [-0.15, -0.1) is 0 Å². The first kappa shape index (κ1) is 15.2. The van der Waals surface area contributed by atoms with E-state index in [1.54, 1.807) is 36.7 Å². The molecule has 1 aromatic heterocycles. The molecule has 0 aliphatic heterocycles. The Morgan fingerprint density at radius 1 is 1.38 bits per heavy atom. The van der Waals surface area contributed by atoms with Crippen LogP contribution in [0.2, 0.25) is 5.02 Å². The van der Waals surface area contributed by atoms with Crippen molar-refractivity contribution in [2.24, 2.45) is 0 Å². The zero-order chi connectivity index (χ0) is 15.2. The summed E-state index contributed by atoms with van der Waals surface area (Å²) < 4.78 is 5.13. The molecule has 21 heavy (non-hydrogen) atoms. The highest BCUT2D eigenvalue weighted by molar-refractivity contribution is 7.80. The predicted octanol–water partition coefficient (Wildman–Crippen LogP) is 2.87. The zero-order valence-electron chi connectivity index (χ0n) is 11.1. The molecule has 0 saturated carbocycles. The molecular weight excluding hydrogens is 310 g/mol. The van der Waals surface area contributed by atoms with Gasteiger partial charge in [-0.05, 0) is 42.5 Å². The number of aromatic nitrogens is 1. The monoisotopic (exact) mass is 321 g/mol. The number of halogens is 1. The average molecular weight is 322 g/mol. The van der Waals surface area contributed by atoms with Crippen molar-refractivity contribution in [1.29, 1.82) is 0 Å². The van der Waals surface area contributed by atoms with E-state index in [1.807, 2.05) is 0 Å². The molecule has 0 saturated heterocycles. The maximum absolute atomic E-state index is 12.2. The number of nitrogens with zero attached hydrogens (tertiary/aromatic N) is 1. The van der Waals surface area contributed by atoms with Gasteiger partial charge in [-0.3, -0.25) is 15.1 Å². The molecule has 2 N–H and O–H groups in total. The van der Waals surface area contributed by atoms with E-state index in [1.165, 1.54) is 13.2 Å². The molecule has 0 bridgehead atoms. The molecular formula is C14H12ClN3O2S. The largest absolute Gasteiger partial charge is 0.496 e. The first-order chi connectivity index (χ1) is 10.1. The van der Waals surface area contributed by atoms with Gasteiger partial charge in [-0.1, -0.05) is 11.6 Å². The number of ether oxygens (including phenoxy) is 1. The number of carbonyl (C=O) groups is 1. The lowest BCUT2D eigenvalue weighted by Crippen LogP contribution is -2.34. The van der Waals surface area contributed by atoms with Crippen LogP contribution in [0.4, 0.5) is 5.69 Å². The molecule has 108 valence electrons. The van der Waals surface area contributed by atoms with Gasteiger partial charge in [-0.25, -0.2) is 0 Å². The Bertz CT molecular complexity index is 665. The first-order valence-electron chi connectivity index (χ1n) is 5.96. The second-order valence-corrected chi connectivity index (χ2v) is 4.84. The van der Waals surface area contributed by atoms with Crippen LogP contribution in [0.15, 0.2) is 42.7 Å². The van der Waals surface area contributed by atoms with Crippen LogP contribution in [0.1, 0.15) is 10.4 Å². The molecule has 0 radical (unpaired) electrons. The highest BCUT2D eigenvalue weighted by Crippen LogP contribution is 2.22. The van der Waals surface area contributed by atoms with Crippen molar-refractivity contribution >= 4 is 40.5 Å². The third kappa shape index (κ3) is 4.14. The molecule has 1 aromatic carbocycles. The summed E-state index contributed by atoms with van der Waals surface area (Å²) in [7, 11) is 1.48. The molecule has 2 aromatic rings. The molecule has 0 spiro atoms. The standard InChI is InChI=1S/C14H12ClN3O2S/c1-20-12-5-4-9(15)7-11(12)13(19)18-14(21)17-10-3-2-6-16-8-10/h2-8H,1H3,(H2,17,18,19,21). The summed E-state index contributed by atoms with van der Waals surface area (Å²) >= 11 is 11.0. The maximum atomic E-state index is 12.2. The van der Waals surface area contributed by atoms with Gasteiger partial charge >= 0.3 is 0 Å². The second-order valence-electron chi connectivity index (χ2n) is 3.99. The molecule has 1 heterocycles. The second kappa shape index (κ2) is 7.01. The van der Waals surface area contributed by atoms with E-state index in [9.17, 15) is 4.79 Å². The Labute approximate surface area is 132 Å². The number of anilines is 1. The van der Waals surface area contributed by atoms with E-state index >= 15 is 0 Å². The topological polar surface area (TPSA) is 63.2 Å². The Kier molecular flexibility index (Phi) is 5.08. The summed E-state index contributed by atoms with van der Waals surface area (Å²) in [6, 6.07) is 8.32. The minimum atomic E-state index is -0.407. The van der Waals surface area contributed by atoms with Gasteiger partial charge in [0.2, 0.25) is 0 Å². The molecule has 0 aliphatic rings. The van der Waals surface area contributed by atoms with Crippen molar-refractivity contribution in [1.82, 2.24) is 10.3 Å². The van der Waals surface area contributed by atoms with Crippen molar-refractivity contribution < 1.29 is 9.53 Å². The van der Waals surface area contributed by atoms with Crippen molar-refractivity contribution in [3.8, 4) is 5.75 Å². The maximum Gasteiger partial charge on any atom is 0.261 e. The zero-order valence-corrected chi connectivity index (χ0v) is 12.7. The van der Waals surface area contributed by atoms with Gasteiger partial charge in [0.15, 0.2) is 5.11 Å². The van der Waals surface area contributed by atoms with E-state index in [0.717, 1.165) is 0 Å². The molecule has 0 fully saturated rings. The van der Waals surface area contributed by atoms with E-state index in [0.29, 0.717) is 22.0 Å². The number of hydrogen-bond donors (Lipinski definition) is 2. The number of amides is 1. The summed E-state index contributed by atoms with van der Waals surface area (Å²) in [5, 5.41) is 6.02. The smallest absolute Gasteiger partial charge is 0.261 e. The van der Waals surface area contributed by atoms with Gasteiger partial charge in [0.05, 0.1) is 24.6 Å². The van der Waals surface area contributed by atoms with Crippen LogP contribution < -0.4 is 15.4 Å². The van der Waals surface area contributed by atoms with Crippen LogP contribution in [0.3, 0.4) is 0 Å². The van der Waals surface area contributed by atoms with E-state index in [2.05, 4.69) is 15.6 Å². The number of nitrogens with one attached hydrogen (secondary N) is 2. The molecule has 7 heteroatoms. The lowest BCUT2D eigenvalue weighted by atomic mass is 10.2. The Morgan fingerprint density at radius 3 is 2.86 bits per heavy atom. The summed E-state index contributed by atoms with van der Waals surface area (Å²) in [5.41, 5.74) is 0.987. The van der Waals surface area contributed by atoms with Crippen molar-refractivity contribution in [2.75, 3.05) is 12.4 Å². The van der Waals surface area contributed by atoms with Gasteiger partial charge < -0.3 is 10.1 Å². The lowest BCUT2D eigenvalue weighted by molar-refractivity contribution is 0.0975. The fourth-order valence-electron chi connectivity index (χ4n) is 1.63. The summed E-state index contributed by atoms with van der Waals surface area (Å²) in [4.78, 5) is 16.1. The number of benzene rings is 1. The van der Waals surface area contributed by atoms with Gasteiger partial charge in [-0.2, -0.15) is 0 Å². The van der Waals surface area contributed by atoms with E-state index in [-0.39, 0.29) is 5.11 Å². The Hall–Kier alpha value is -2.18. The van der Waals surface area contributed by atoms with E-state index in [4.69, 9.17) is 28.6 Å². The number of carbonyl (C=O) groups excluding carboxylic acids is 1. The molecule has 5 nitrogen and oxygen atoms in total. The van der Waals surface area contributed by atoms with Crippen molar-refractivity contribution in [3.63, 3.8) is 0 Å². The minimum Gasteiger partial charge on any atom is -0.496 e. The average Bonchev–Trinajstić information content (AvgIpc) is 2.48. The van der Waals surface area contributed by atoms with Gasteiger partial charge in [0.1, 0.15) is 5.75 Å². The van der Waals surface area contributed by atoms with Crippen LogP contribution >= 0.6 is 23.8 Å². The molecule has 2 rings (SSSR count). The van der Waals surface area contributed by atoms with Gasteiger partial charge in [0, 0.05) is 11.2 Å². The molecule has 0 atom stereocenters. The normalized spacial score (nSPS) is 9.81. The highest BCUT2D eigenvalue weighted by atomic mass is 35.5. The number of pyridine rings is 1. The third-order valence-electron chi connectivity index (χ3n) is 2.55. The predicted molar refractivity (Wildman–Crippen MR) is 85.9 cm³/mol. The van der Waals surface area contributed by atoms with Crippen molar-refractivity contribution in [3.05, 3.63) is 53.3 Å². The summed E-state index contributed by atoms with van der Waals surface area (Å²) in [6.07, 6.45) is 3.24. The fraction of sp³-hybridized carbons (Fsp3) is 0.0714. The molecule has 1 amide bonds. The fourth-order valence-corrected chi connectivity index (χ4v) is 2.01. The van der Waals surface area contributed by atoms with Crippen molar-refractivity contribution in [2.45, 2.75) is 0 Å². The van der Waals surface area contributed by atoms with Crippen LogP contribution in [-0.4, -0.2) is 23.1 Å². The quantitative estimate of drug-likeness (QED) is 0.851. The minimum absolute atomic E-state index is 0.162. The number of hydrogen-bond acceptors (Lipinski definition) is 4. The van der Waals surface area contributed by atoms with Crippen LogP contribution in [0.5, 0.6) is 5.75 Å². The number of rotatable bonds is 3. The molecule has 0 aliphatic carbocycles.